The van der Waals surface area contributed by atoms with E-state index in [4.69, 9.17) is 9.47 Å². The minimum atomic E-state index is 0.310. The first-order valence-electron chi connectivity index (χ1n) is 4.49. The van der Waals surface area contributed by atoms with Gasteiger partial charge in [0.05, 0.1) is 5.52 Å². The Morgan fingerprint density at radius 2 is 1.93 bits per heavy atom. The van der Waals surface area contributed by atoms with Crippen LogP contribution < -0.4 is 9.47 Å². The van der Waals surface area contributed by atoms with E-state index in [0.29, 0.717) is 6.79 Å². The molecule has 1 aliphatic heterocycles. The SMILES string of the molecule is Cc1cnc2cc3c(cc2c1)OCO3. The fourth-order valence-corrected chi connectivity index (χ4v) is 1.63. The summed E-state index contributed by atoms with van der Waals surface area (Å²) in [4.78, 5) is 4.32. The number of hydrogen-bond acceptors (Lipinski definition) is 3. The van der Waals surface area contributed by atoms with Crippen LogP contribution in [0.4, 0.5) is 0 Å². The van der Waals surface area contributed by atoms with Crippen molar-refractivity contribution in [1.82, 2.24) is 4.98 Å². The van der Waals surface area contributed by atoms with Gasteiger partial charge in [0.15, 0.2) is 11.5 Å². The molecule has 0 fully saturated rings. The molecule has 2 aromatic rings. The summed E-state index contributed by atoms with van der Waals surface area (Å²) in [6, 6.07) is 5.97. The van der Waals surface area contributed by atoms with Crippen LogP contribution in [0.25, 0.3) is 10.9 Å². The van der Waals surface area contributed by atoms with Crippen molar-refractivity contribution in [3.8, 4) is 11.5 Å². The molecule has 14 heavy (non-hydrogen) atoms. The van der Waals surface area contributed by atoms with Gasteiger partial charge in [0.2, 0.25) is 6.79 Å². The smallest absolute Gasteiger partial charge is 0.231 e. The van der Waals surface area contributed by atoms with Gasteiger partial charge in [-0.05, 0) is 24.6 Å². The Hall–Kier alpha value is -1.77. The molecule has 1 aliphatic rings. The summed E-state index contributed by atoms with van der Waals surface area (Å²) in [7, 11) is 0. The molecular formula is C11H9NO2. The van der Waals surface area contributed by atoms with Crippen LogP contribution in [0.1, 0.15) is 5.56 Å². The van der Waals surface area contributed by atoms with Crippen molar-refractivity contribution >= 4 is 10.9 Å². The number of ether oxygens (including phenoxy) is 2. The summed E-state index contributed by atoms with van der Waals surface area (Å²) >= 11 is 0. The van der Waals surface area contributed by atoms with Crippen molar-refractivity contribution in [2.24, 2.45) is 0 Å². The summed E-state index contributed by atoms with van der Waals surface area (Å²) in [5, 5.41) is 1.09. The minimum absolute atomic E-state index is 0.310. The van der Waals surface area contributed by atoms with E-state index in [-0.39, 0.29) is 0 Å². The average Bonchev–Trinajstić information content (AvgIpc) is 2.61. The molecule has 0 atom stereocenters. The van der Waals surface area contributed by atoms with Crippen LogP contribution in [0.2, 0.25) is 0 Å². The number of fused-ring (bicyclic) bond motifs is 2. The van der Waals surface area contributed by atoms with Gasteiger partial charge in [-0.15, -0.1) is 0 Å². The number of aromatic nitrogens is 1. The predicted molar refractivity (Wildman–Crippen MR) is 52.6 cm³/mol. The number of aryl methyl sites for hydroxylation is 1. The quantitative estimate of drug-likeness (QED) is 0.634. The van der Waals surface area contributed by atoms with E-state index in [0.717, 1.165) is 28.0 Å². The van der Waals surface area contributed by atoms with Crippen molar-refractivity contribution in [2.45, 2.75) is 6.92 Å². The number of pyridine rings is 1. The summed E-state index contributed by atoms with van der Waals surface area (Å²) in [5.74, 6) is 1.60. The number of hydrogen-bond donors (Lipinski definition) is 0. The highest BCUT2D eigenvalue weighted by Crippen LogP contribution is 2.35. The van der Waals surface area contributed by atoms with E-state index in [2.05, 4.69) is 11.1 Å². The predicted octanol–water partition coefficient (Wildman–Crippen LogP) is 2.27. The standard InChI is InChI=1S/C11H9NO2/c1-7-2-8-3-10-11(14-6-13-10)4-9(8)12-5-7/h2-5H,6H2,1H3. The fourth-order valence-electron chi connectivity index (χ4n) is 1.63. The van der Waals surface area contributed by atoms with Crippen LogP contribution in [0.3, 0.4) is 0 Å². The lowest BCUT2D eigenvalue weighted by molar-refractivity contribution is 0.174. The number of benzene rings is 1. The van der Waals surface area contributed by atoms with Crippen molar-refractivity contribution in [2.75, 3.05) is 6.79 Å². The minimum Gasteiger partial charge on any atom is -0.454 e. The highest BCUT2D eigenvalue weighted by molar-refractivity contribution is 5.83. The van der Waals surface area contributed by atoms with Crippen LogP contribution in [0.15, 0.2) is 24.4 Å². The van der Waals surface area contributed by atoms with Gasteiger partial charge in [-0.2, -0.15) is 0 Å². The van der Waals surface area contributed by atoms with Gasteiger partial charge in [-0.25, -0.2) is 0 Å². The average molecular weight is 187 g/mol. The molecule has 3 heteroatoms. The molecule has 1 aromatic carbocycles. The number of nitrogens with zero attached hydrogens (tertiary/aromatic N) is 1. The lowest BCUT2D eigenvalue weighted by atomic mass is 10.1. The zero-order chi connectivity index (χ0) is 9.54. The van der Waals surface area contributed by atoms with Crippen molar-refractivity contribution < 1.29 is 9.47 Å². The van der Waals surface area contributed by atoms with Gasteiger partial charge in [0.1, 0.15) is 0 Å². The first kappa shape index (κ1) is 7.62. The third-order valence-corrected chi connectivity index (χ3v) is 2.31. The molecule has 1 aromatic heterocycles. The van der Waals surface area contributed by atoms with Crippen molar-refractivity contribution in [3.05, 3.63) is 30.0 Å². The molecular weight excluding hydrogens is 178 g/mol. The molecule has 0 saturated carbocycles. The van der Waals surface area contributed by atoms with Crippen LogP contribution in [0, 0.1) is 6.92 Å². The molecule has 0 N–H and O–H groups in total. The van der Waals surface area contributed by atoms with E-state index >= 15 is 0 Å². The Kier molecular flexibility index (Phi) is 1.42. The maximum Gasteiger partial charge on any atom is 0.231 e. The molecule has 3 nitrogen and oxygen atoms in total. The van der Waals surface area contributed by atoms with Crippen LogP contribution in [0.5, 0.6) is 11.5 Å². The van der Waals surface area contributed by atoms with E-state index in [1.165, 1.54) is 0 Å². The maximum absolute atomic E-state index is 5.30. The zero-order valence-electron chi connectivity index (χ0n) is 7.78. The lowest BCUT2D eigenvalue weighted by Crippen LogP contribution is -1.92. The van der Waals surface area contributed by atoms with E-state index in [9.17, 15) is 0 Å². The largest absolute Gasteiger partial charge is 0.454 e. The molecule has 3 rings (SSSR count). The van der Waals surface area contributed by atoms with Crippen molar-refractivity contribution in [1.29, 1.82) is 0 Å². The fraction of sp³-hybridized carbons (Fsp3) is 0.182. The van der Waals surface area contributed by atoms with E-state index in [1.54, 1.807) is 0 Å². The summed E-state index contributed by atoms with van der Waals surface area (Å²) in [6.07, 6.45) is 1.85. The summed E-state index contributed by atoms with van der Waals surface area (Å²) in [5.41, 5.74) is 2.09. The molecule has 0 unspecified atom stereocenters. The third-order valence-electron chi connectivity index (χ3n) is 2.31. The summed E-state index contributed by atoms with van der Waals surface area (Å²) < 4.78 is 10.6. The van der Waals surface area contributed by atoms with Crippen LogP contribution >= 0.6 is 0 Å². The van der Waals surface area contributed by atoms with E-state index in [1.807, 2.05) is 25.3 Å². The van der Waals surface area contributed by atoms with Gasteiger partial charge < -0.3 is 9.47 Å². The Labute approximate surface area is 81.3 Å². The van der Waals surface area contributed by atoms with Gasteiger partial charge in [-0.3, -0.25) is 4.98 Å². The molecule has 0 spiro atoms. The van der Waals surface area contributed by atoms with Crippen LogP contribution in [-0.2, 0) is 0 Å². The molecule has 0 radical (unpaired) electrons. The van der Waals surface area contributed by atoms with E-state index < -0.39 is 0 Å². The molecule has 0 amide bonds. The highest BCUT2D eigenvalue weighted by Gasteiger charge is 2.14. The van der Waals surface area contributed by atoms with Crippen molar-refractivity contribution in [3.63, 3.8) is 0 Å². The Bertz CT molecular complexity index is 508. The molecule has 0 saturated heterocycles. The highest BCUT2D eigenvalue weighted by atomic mass is 16.7. The Morgan fingerprint density at radius 1 is 1.14 bits per heavy atom. The second kappa shape index (κ2) is 2.61. The number of rotatable bonds is 0. The van der Waals surface area contributed by atoms with Gasteiger partial charge in [-0.1, -0.05) is 0 Å². The monoisotopic (exact) mass is 187 g/mol. The lowest BCUT2D eigenvalue weighted by Gasteiger charge is -2.00. The Balaban J connectivity index is 2.33. The molecule has 70 valence electrons. The second-order valence-corrected chi connectivity index (χ2v) is 3.41. The second-order valence-electron chi connectivity index (χ2n) is 3.41. The third kappa shape index (κ3) is 1.02. The zero-order valence-corrected chi connectivity index (χ0v) is 7.78. The first-order valence-corrected chi connectivity index (χ1v) is 4.49. The van der Waals surface area contributed by atoms with Crippen LogP contribution in [-0.4, -0.2) is 11.8 Å². The summed E-state index contributed by atoms with van der Waals surface area (Å²) in [6.45, 7) is 2.33. The Morgan fingerprint density at radius 3 is 2.79 bits per heavy atom. The van der Waals surface area contributed by atoms with Gasteiger partial charge in [0.25, 0.3) is 0 Å². The normalized spacial score (nSPS) is 13.5. The molecule has 2 heterocycles. The topological polar surface area (TPSA) is 31.4 Å². The first-order chi connectivity index (χ1) is 6.83. The molecule has 0 bridgehead atoms. The molecule has 0 aliphatic carbocycles. The van der Waals surface area contributed by atoms with Gasteiger partial charge >= 0.3 is 0 Å². The van der Waals surface area contributed by atoms with Gasteiger partial charge in [0, 0.05) is 17.6 Å². The maximum atomic E-state index is 5.30.